The highest BCUT2D eigenvalue weighted by molar-refractivity contribution is 7.15. The van der Waals surface area contributed by atoms with Gasteiger partial charge in [-0.15, -0.1) is 11.3 Å². The van der Waals surface area contributed by atoms with Crippen LogP contribution in [0.2, 0.25) is 0 Å². The van der Waals surface area contributed by atoms with Gasteiger partial charge in [-0.2, -0.15) is 0 Å². The zero-order valence-electron chi connectivity index (χ0n) is 7.45. The Morgan fingerprint density at radius 2 is 1.92 bits per heavy atom. The lowest BCUT2D eigenvalue weighted by atomic mass is 10.2. The number of aromatic nitrogens is 1. The second kappa shape index (κ2) is 3.30. The Balaban J connectivity index is 2.48. The topological polar surface area (TPSA) is 12.9 Å². The minimum absolute atomic E-state index is 1.03. The fourth-order valence-electron chi connectivity index (χ4n) is 1.13. The van der Waals surface area contributed by atoms with Crippen LogP contribution in [0, 0.1) is 13.8 Å². The molecule has 13 heavy (non-hydrogen) atoms. The molecule has 0 saturated heterocycles. The molecule has 1 aromatic heterocycles. The molecular weight excluding hydrogens is 178 g/mol. The van der Waals surface area contributed by atoms with Crippen LogP contribution in [-0.4, -0.2) is 4.98 Å². The van der Waals surface area contributed by atoms with Crippen molar-refractivity contribution in [3.8, 4) is 10.6 Å². The smallest absolute Gasteiger partial charge is 0.123 e. The van der Waals surface area contributed by atoms with Gasteiger partial charge >= 0.3 is 0 Å². The van der Waals surface area contributed by atoms with Crippen molar-refractivity contribution in [3.05, 3.63) is 47.8 Å². The number of benzene rings is 1. The summed E-state index contributed by atoms with van der Waals surface area (Å²) in [4.78, 5) is 5.49. The lowest BCUT2D eigenvalue weighted by Gasteiger charge is -1.92. The van der Waals surface area contributed by atoms with E-state index in [1.165, 1.54) is 5.56 Å². The standard InChI is InChI=1S/C11H10NS/c1-8-9(2)13-11(12-8)10-6-4-3-5-7-10/h3-7H,2H2,1H3. The normalized spacial score (nSPS) is 10.3. The highest BCUT2D eigenvalue weighted by atomic mass is 32.1. The van der Waals surface area contributed by atoms with Gasteiger partial charge < -0.3 is 0 Å². The zero-order valence-corrected chi connectivity index (χ0v) is 8.27. The Morgan fingerprint density at radius 1 is 1.23 bits per heavy atom. The van der Waals surface area contributed by atoms with Gasteiger partial charge in [0.2, 0.25) is 0 Å². The van der Waals surface area contributed by atoms with Gasteiger partial charge in [0.15, 0.2) is 0 Å². The summed E-state index contributed by atoms with van der Waals surface area (Å²) in [6.07, 6.45) is 0. The molecule has 0 N–H and O–H groups in total. The Labute approximate surface area is 82.1 Å². The van der Waals surface area contributed by atoms with Gasteiger partial charge in [-0.05, 0) is 13.8 Å². The van der Waals surface area contributed by atoms with Crippen LogP contribution in [0.3, 0.4) is 0 Å². The Kier molecular flexibility index (Phi) is 2.15. The van der Waals surface area contributed by atoms with Crippen molar-refractivity contribution in [2.45, 2.75) is 6.92 Å². The van der Waals surface area contributed by atoms with Crippen molar-refractivity contribution in [3.63, 3.8) is 0 Å². The Bertz CT molecular complexity index is 384. The third kappa shape index (κ3) is 1.63. The number of nitrogens with zero attached hydrogens (tertiary/aromatic N) is 1. The number of thiazole rings is 1. The van der Waals surface area contributed by atoms with E-state index < -0.39 is 0 Å². The van der Waals surface area contributed by atoms with E-state index in [2.05, 4.69) is 24.0 Å². The van der Waals surface area contributed by atoms with Crippen molar-refractivity contribution in [2.75, 3.05) is 0 Å². The number of rotatable bonds is 1. The van der Waals surface area contributed by atoms with Gasteiger partial charge in [-0.1, -0.05) is 30.3 Å². The Morgan fingerprint density at radius 3 is 2.46 bits per heavy atom. The highest BCUT2D eigenvalue weighted by Crippen LogP contribution is 2.26. The van der Waals surface area contributed by atoms with E-state index in [0.29, 0.717) is 0 Å². The SMILES string of the molecule is [CH2]c1sc(-c2ccccc2)nc1C. The fourth-order valence-corrected chi connectivity index (χ4v) is 2.00. The maximum Gasteiger partial charge on any atom is 0.123 e. The summed E-state index contributed by atoms with van der Waals surface area (Å²) < 4.78 is 0. The third-order valence-corrected chi connectivity index (χ3v) is 2.98. The molecule has 2 aromatic rings. The average Bonchev–Trinajstić information content (AvgIpc) is 2.49. The maximum absolute atomic E-state index is 4.44. The molecule has 0 saturated carbocycles. The molecule has 1 heterocycles. The molecule has 2 heteroatoms. The van der Waals surface area contributed by atoms with Gasteiger partial charge in [0, 0.05) is 10.4 Å². The largest absolute Gasteiger partial charge is 0.241 e. The highest BCUT2D eigenvalue weighted by Gasteiger charge is 2.04. The summed E-state index contributed by atoms with van der Waals surface area (Å²) in [6, 6.07) is 10.2. The van der Waals surface area contributed by atoms with Gasteiger partial charge in [0.1, 0.15) is 5.01 Å². The van der Waals surface area contributed by atoms with Crippen LogP contribution in [-0.2, 0) is 0 Å². The second-order valence-corrected chi connectivity index (χ2v) is 3.98. The molecule has 0 unspecified atom stereocenters. The molecule has 65 valence electrons. The third-order valence-electron chi connectivity index (χ3n) is 1.91. The molecule has 2 rings (SSSR count). The molecule has 1 nitrogen and oxygen atoms in total. The van der Waals surface area contributed by atoms with E-state index in [4.69, 9.17) is 0 Å². The van der Waals surface area contributed by atoms with E-state index in [-0.39, 0.29) is 0 Å². The molecule has 0 aliphatic carbocycles. The van der Waals surface area contributed by atoms with Crippen LogP contribution in [0.15, 0.2) is 30.3 Å². The summed E-state index contributed by atoms with van der Waals surface area (Å²) in [5.41, 5.74) is 2.20. The lowest BCUT2D eigenvalue weighted by molar-refractivity contribution is 1.25. The minimum Gasteiger partial charge on any atom is -0.241 e. The van der Waals surface area contributed by atoms with E-state index in [1.807, 2.05) is 25.1 Å². The van der Waals surface area contributed by atoms with Gasteiger partial charge in [-0.3, -0.25) is 0 Å². The first-order valence-electron chi connectivity index (χ1n) is 4.12. The maximum atomic E-state index is 4.44. The average molecular weight is 188 g/mol. The van der Waals surface area contributed by atoms with E-state index in [0.717, 1.165) is 15.6 Å². The second-order valence-electron chi connectivity index (χ2n) is 2.89. The minimum atomic E-state index is 1.03. The Hall–Kier alpha value is -1.15. The molecule has 1 radical (unpaired) electrons. The number of hydrogen-bond acceptors (Lipinski definition) is 2. The number of aryl methyl sites for hydroxylation is 1. The molecule has 0 bridgehead atoms. The van der Waals surface area contributed by atoms with Crippen LogP contribution in [0.1, 0.15) is 10.6 Å². The van der Waals surface area contributed by atoms with Gasteiger partial charge in [0.25, 0.3) is 0 Å². The summed E-state index contributed by atoms with van der Waals surface area (Å²) in [5, 5.41) is 1.06. The van der Waals surface area contributed by atoms with E-state index in [1.54, 1.807) is 11.3 Å². The number of hydrogen-bond donors (Lipinski definition) is 0. The van der Waals surface area contributed by atoms with Gasteiger partial charge in [0.05, 0.1) is 5.69 Å². The van der Waals surface area contributed by atoms with Crippen LogP contribution in [0.5, 0.6) is 0 Å². The molecule has 0 fully saturated rings. The summed E-state index contributed by atoms with van der Waals surface area (Å²) >= 11 is 1.65. The van der Waals surface area contributed by atoms with Crippen molar-refractivity contribution >= 4 is 11.3 Å². The van der Waals surface area contributed by atoms with Crippen molar-refractivity contribution < 1.29 is 0 Å². The van der Waals surface area contributed by atoms with Crippen LogP contribution < -0.4 is 0 Å². The molecular formula is C11H10NS. The van der Waals surface area contributed by atoms with E-state index in [9.17, 15) is 0 Å². The predicted octanol–water partition coefficient (Wildman–Crippen LogP) is 3.30. The van der Waals surface area contributed by atoms with Gasteiger partial charge in [-0.25, -0.2) is 4.98 Å². The van der Waals surface area contributed by atoms with Crippen molar-refractivity contribution in [1.82, 2.24) is 4.98 Å². The fraction of sp³-hybridized carbons (Fsp3) is 0.0909. The molecule has 1 aromatic carbocycles. The first kappa shape index (κ1) is 8.45. The zero-order chi connectivity index (χ0) is 9.26. The first-order valence-corrected chi connectivity index (χ1v) is 4.94. The molecule has 0 atom stereocenters. The van der Waals surface area contributed by atoms with Crippen molar-refractivity contribution in [2.24, 2.45) is 0 Å². The quantitative estimate of drug-likeness (QED) is 0.669. The van der Waals surface area contributed by atoms with Crippen LogP contribution in [0.4, 0.5) is 0 Å². The summed E-state index contributed by atoms with van der Waals surface area (Å²) in [5.74, 6) is 0. The molecule has 0 aliphatic heterocycles. The van der Waals surface area contributed by atoms with Crippen LogP contribution >= 0.6 is 11.3 Å². The summed E-state index contributed by atoms with van der Waals surface area (Å²) in [6.45, 7) is 5.91. The van der Waals surface area contributed by atoms with E-state index >= 15 is 0 Å². The predicted molar refractivity (Wildman–Crippen MR) is 56.7 cm³/mol. The van der Waals surface area contributed by atoms with Crippen LogP contribution in [0.25, 0.3) is 10.6 Å². The summed E-state index contributed by atoms with van der Waals surface area (Å²) in [7, 11) is 0. The molecule has 0 aliphatic rings. The molecule has 0 spiro atoms. The monoisotopic (exact) mass is 188 g/mol. The first-order chi connectivity index (χ1) is 6.27. The molecule has 0 amide bonds. The van der Waals surface area contributed by atoms with Crippen molar-refractivity contribution in [1.29, 1.82) is 0 Å². The lowest BCUT2D eigenvalue weighted by Crippen LogP contribution is -1.75.